The summed E-state index contributed by atoms with van der Waals surface area (Å²) in [6.45, 7) is 4.75. The number of hydrogen-bond donors (Lipinski definition) is 1. The van der Waals surface area contributed by atoms with Gasteiger partial charge in [0.2, 0.25) is 0 Å². The molecular weight excluding hydrogens is 318 g/mol. The van der Waals surface area contributed by atoms with Crippen LogP contribution < -0.4 is 14.8 Å². The van der Waals surface area contributed by atoms with Gasteiger partial charge < -0.3 is 14.8 Å². The van der Waals surface area contributed by atoms with E-state index < -0.39 is 0 Å². The van der Waals surface area contributed by atoms with Gasteiger partial charge in [-0.3, -0.25) is 4.79 Å². The maximum absolute atomic E-state index is 12.1. The highest BCUT2D eigenvalue weighted by Gasteiger charge is 2.10. The SMILES string of the molecule is CC=Cc1ccc(OCC(=O)Nc2ccnn2CCCC)c(OC)c1. The number of nitrogens with one attached hydrogen (secondary N) is 1. The Morgan fingerprint density at radius 3 is 2.88 bits per heavy atom. The Labute approximate surface area is 148 Å². The van der Waals surface area contributed by atoms with Crippen molar-refractivity contribution in [2.45, 2.75) is 33.2 Å². The van der Waals surface area contributed by atoms with Crippen LogP contribution in [0.1, 0.15) is 32.3 Å². The molecule has 134 valence electrons. The summed E-state index contributed by atoms with van der Waals surface area (Å²) in [5, 5.41) is 7.04. The molecule has 1 aromatic heterocycles. The van der Waals surface area contributed by atoms with E-state index in [-0.39, 0.29) is 12.5 Å². The van der Waals surface area contributed by atoms with Gasteiger partial charge in [0.25, 0.3) is 5.91 Å². The Morgan fingerprint density at radius 2 is 2.16 bits per heavy atom. The normalized spacial score (nSPS) is 10.8. The fourth-order valence-corrected chi connectivity index (χ4v) is 2.35. The number of anilines is 1. The van der Waals surface area contributed by atoms with Crippen LogP contribution in [0.3, 0.4) is 0 Å². The van der Waals surface area contributed by atoms with Gasteiger partial charge in [-0.1, -0.05) is 31.6 Å². The largest absolute Gasteiger partial charge is 0.493 e. The molecule has 0 unspecified atom stereocenters. The van der Waals surface area contributed by atoms with E-state index in [0.717, 1.165) is 24.9 Å². The number of allylic oxidation sites excluding steroid dienone is 1. The molecule has 0 bridgehead atoms. The second-order valence-electron chi connectivity index (χ2n) is 5.54. The van der Waals surface area contributed by atoms with Crippen molar-refractivity contribution in [1.82, 2.24) is 9.78 Å². The van der Waals surface area contributed by atoms with Crippen LogP contribution >= 0.6 is 0 Å². The Hall–Kier alpha value is -2.76. The number of ether oxygens (including phenoxy) is 2. The molecule has 0 saturated carbocycles. The lowest BCUT2D eigenvalue weighted by molar-refractivity contribution is -0.118. The van der Waals surface area contributed by atoms with E-state index in [0.29, 0.717) is 17.3 Å². The van der Waals surface area contributed by atoms with Gasteiger partial charge in [0.1, 0.15) is 5.82 Å². The Morgan fingerprint density at radius 1 is 1.32 bits per heavy atom. The van der Waals surface area contributed by atoms with Crippen molar-refractivity contribution in [1.29, 1.82) is 0 Å². The number of unbranched alkanes of at least 4 members (excludes halogenated alkanes) is 1. The second-order valence-corrected chi connectivity index (χ2v) is 5.54. The molecule has 1 amide bonds. The quantitative estimate of drug-likeness (QED) is 0.753. The summed E-state index contributed by atoms with van der Waals surface area (Å²) in [6.07, 6.45) is 7.67. The summed E-state index contributed by atoms with van der Waals surface area (Å²) >= 11 is 0. The van der Waals surface area contributed by atoms with Crippen LogP contribution in [0, 0.1) is 0 Å². The maximum Gasteiger partial charge on any atom is 0.263 e. The van der Waals surface area contributed by atoms with E-state index in [2.05, 4.69) is 17.3 Å². The second kappa shape index (κ2) is 9.52. The van der Waals surface area contributed by atoms with Crippen LogP contribution in [0.4, 0.5) is 5.82 Å². The third kappa shape index (κ3) is 5.38. The third-order valence-electron chi connectivity index (χ3n) is 3.61. The Kier molecular flexibility index (Phi) is 7.07. The minimum absolute atomic E-state index is 0.0989. The smallest absolute Gasteiger partial charge is 0.263 e. The van der Waals surface area contributed by atoms with Gasteiger partial charge in [-0.25, -0.2) is 4.68 Å². The number of aromatic nitrogens is 2. The van der Waals surface area contributed by atoms with E-state index in [1.165, 1.54) is 0 Å². The average Bonchev–Trinajstić information content (AvgIpc) is 3.05. The number of nitrogens with zero attached hydrogens (tertiary/aromatic N) is 2. The predicted molar refractivity (Wildman–Crippen MR) is 99.0 cm³/mol. The zero-order chi connectivity index (χ0) is 18.1. The number of hydrogen-bond acceptors (Lipinski definition) is 4. The van der Waals surface area contributed by atoms with Crippen LogP contribution in [0.2, 0.25) is 0 Å². The molecule has 0 radical (unpaired) electrons. The monoisotopic (exact) mass is 343 g/mol. The molecule has 25 heavy (non-hydrogen) atoms. The molecule has 6 heteroatoms. The molecule has 2 aromatic rings. The first-order chi connectivity index (χ1) is 12.2. The Balaban J connectivity index is 1.95. The van der Waals surface area contributed by atoms with Gasteiger partial charge in [0.15, 0.2) is 18.1 Å². The highest BCUT2D eigenvalue weighted by atomic mass is 16.5. The predicted octanol–water partition coefficient (Wildman–Crippen LogP) is 3.74. The van der Waals surface area contributed by atoms with E-state index in [1.807, 2.05) is 31.2 Å². The van der Waals surface area contributed by atoms with E-state index in [4.69, 9.17) is 9.47 Å². The fraction of sp³-hybridized carbons (Fsp3) is 0.368. The lowest BCUT2D eigenvalue weighted by Crippen LogP contribution is -2.22. The van der Waals surface area contributed by atoms with Gasteiger partial charge in [-0.15, -0.1) is 0 Å². The summed E-state index contributed by atoms with van der Waals surface area (Å²) in [5.41, 5.74) is 1.01. The van der Waals surface area contributed by atoms with Crippen LogP contribution in [0.25, 0.3) is 6.08 Å². The van der Waals surface area contributed by atoms with Crippen molar-refractivity contribution in [3.05, 3.63) is 42.1 Å². The summed E-state index contributed by atoms with van der Waals surface area (Å²) in [6, 6.07) is 7.36. The molecular formula is C19H25N3O3. The van der Waals surface area contributed by atoms with Gasteiger partial charge in [-0.05, 0) is 31.0 Å². The Bertz CT molecular complexity index is 722. The van der Waals surface area contributed by atoms with Gasteiger partial charge in [-0.2, -0.15) is 5.10 Å². The van der Waals surface area contributed by atoms with Crippen molar-refractivity contribution in [3.8, 4) is 11.5 Å². The molecule has 0 aliphatic carbocycles. The van der Waals surface area contributed by atoms with E-state index in [1.54, 1.807) is 30.1 Å². The first-order valence-electron chi connectivity index (χ1n) is 8.43. The first kappa shape index (κ1) is 18.6. The lowest BCUT2D eigenvalue weighted by Gasteiger charge is -2.12. The summed E-state index contributed by atoms with van der Waals surface area (Å²) in [7, 11) is 1.58. The summed E-state index contributed by atoms with van der Waals surface area (Å²) in [5.74, 6) is 1.57. The number of aryl methyl sites for hydroxylation is 1. The highest BCUT2D eigenvalue weighted by molar-refractivity contribution is 5.91. The van der Waals surface area contributed by atoms with Crippen molar-refractivity contribution in [3.63, 3.8) is 0 Å². The minimum atomic E-state index is -0.238. The van der Waals surface area contributed by atoms with Crippen molar-refractivity contribution in [2.24, 2.45) is 0 Å². The number of amides is 1. The zero-order valence-corrected chi connectivity index (χ0v) is 15.0. The van der Waals surface area contributed by atoms with Gasteiger partial charge in [0.05, 0.1) is 13.3 Å². The molecule has 0 fully saturated rings. The first-order valence-corrected chi connectivity index (χ1v) is 8.43. The molecule has 0 spiro atoms. The van der Waals surface area contributed by atoms with Crippen LogP contribution in [0.5, 0.6) is 11.5 Å². The van der Waals surface area contributed by atoms with Crippen molar-refractivity contribution >= 4 is 17.8 Å². The number of rotatable bonds is 9. The molecule has 0 aliphatic rings. The van der Waals surface area contributed by atoms with Crippen LogP contribution in [0.15, 0.2) is 36.5 Å². The zero-order valence-electron chi connectivity index (χ0n) is 15.0. The van der Waals surface area contributed by atoms with Crippen molar-refractivity contribution < 1.29 is 14.3 Å². The topological polar surface area (TPSA) is 65.4 Å². The van der Waals surface area contributed by atoms with Crippen LogP contribution in [-0.4, -0.2) is 29.4 Å². The van der Waals surface area contributed by atoms with Gasteiger partial charge in [0, 0.05) is 12.6 Å². The lowest BCUT2D eigenvalue weighted by atomic mass is 10.2. The molecule has 2 rings (SSSR count). The molecule has 1 heterocycles. The molecule has 1 N–H and O–H groups in total. The van der Waals surface area contributed by atoms with Crippen molar-refractivity contribution in [2.75, 3.05) is 19.0 Å². The molecule has 0 aliphatic heterocycles. The fourth-order valence-electron chi connectivity index (χ4n) is 2.35. The number of methoxy groups -OCH3 is 1. The highest BCUT2D eigenvalue weighted by Crippen LogP contribution is 2.28. The minimum Gasteiger partial charge on any atom is -0.493 e. The van der Waals surface area contributed by atoms with Crippen LogP contribution in [-0.2, 0) is 11.3 Å². The third-order valence-corrected chi connectivity index (χ3v) is 3.61. The maximum atomic E-state index is 12.1. The molecule has 6 nitrogen and oxygen atoms in total. The standard InChI is InChI=1S/C19H25N3O3/c1-4-6-12-22-18(10-11-20-22)21-19(23)14-25-16-9-8-15(7-5-2)13-17(16)24-3/h5,7-11,13H,4,6,12,14H2,1-3H3,(H,21,23). The molecule has 0 saturated heterocycles. The average molecular weight is 343 g/mol. The summed E-state index contributed by atoms with van der Waals surface area (Å²) < 4.78 is 12.7. The van der Waals surface area contributed by atoms with E-state index >= 15 is 0 Å². The van der Waals surface area contributed by atoms with Gasteiger partial charge >= 0.3 is 0 Å². The summed E-state index contributed by atoms with van der Waals surface area (Å²) in [4.78, 5) is 12.1. The molecule has 0 atom stereocenters. The van der Waals surface area contributed by atoms with E-state index in [9.17, 15) is 4.79 Å². The number of carbonyl (C=O) groups is 1. The number of benzene rings is 1. The number of carbonyl (C=O) groups excluding carboxylic acids is 1. The molecule has 1 aromatic carbocycles.